The zero-order valence-corrected chi connectivity index (χ0v) is 15.8. The molecular weight excluding hydrogens is 369 g/mol. The van der Waals surface area contributed by atoms with E-state index in [0.717, 1.165) is 5.56 Å². The average Bonchev–Trinajstić information content (AvgIpc) is 3.01. The van der Waals surface area contributed by atoms with Crippen LogP contribution in [0.1, 0.15) is 15.9 Å². The van der Waals surface area contributed by atoms with Crippen LogP contribution in [0.5, 0.6) is 5.75 Å². The van der Waals surface area contributed by atoms with E-state index in [1.54, 1.807) is 30.3 Å². The van der Waals surface area contributed by atoms with Crippen LogP contribution >= 0.6 is 11.8 Å². The number of benzene rings is 2. The van der Waals surface area contributed by atoms with Crippen LogP contribution in [0.25, 0.3) is 11.0 Å². The minimum atomic E-state index is -0.947. The molecule has 2 aromatic carbocycles. The smallest absolute Gasteiger partial charge is 0.335 e. The van der Waals surface area contributed by atoms with Crippen molar-refractivity contribution >= 4 is 28.8 Å². The zero-order chi connectivity index (χ0) is 19.4. The number of H-pyrrole nitrogens is 1. The number of ether oxygens (including phenoxy) is 1. The normalized spacial score (nSPS) is 11.3. The molecule has 0 amide bonds. The summed E-state index contributed by atoms with van der Waals surface area (Å²) in [6, 6.07) is 9.68. The first-order valence-corrected chi connectivity index (χ1v) is 9.33. The van der Waals surface area contributed by atoms with Crippen LogP contribution in [0.2, 0.25) is 0 Å². The number of hydrogen-bond acceptors (Lipinski definition) is 5. The molecule has 8 heteroatoms. The summed E-state index contributed by atoms with van der Waals surface area (Å²) in [5, 5.41) is 9.59. The largest absolute Gasteiger partial charge is 0.489 e. The van der Waals surface area contributed by atoms with Crippen LogP contribution in [0.3, 0.4) is 0 Å². The molecular formula is C19H20FN3O3S. The summed E-state index contributed by atoms with van der Waals surface area (Å²) in [5.41, 5.74) is 2.48. The number of carbonyl (C=O) groups is 1. The highest BCUT2D eigenvalue weighted by Gasteiger charge is 2.11. The maximum absolute atomic E-state index is 14.2. The number of carboxylic acid groups (broad SMARTS) is 1. The summed E-state index contributed by atoms with van der Waals surface area (Å²) in [4.78, 5) is 20.4. The number of aromatic amines is 1. The zero-order valence-electron chi connectivity index (χ0n) is 15.0. The molecule has 3 aromatic rings. The second-order valence-electron chi connectivity index (χ2n) is 6.28. The molecule has 1 aromatic heterocycles. The Hall–Kier alpha value is -2.58. The van der Waals surface area contributed by atoms with Crippen molar-refractivity contribution in [1.29, 1.82) is 0 Å². The molecule has 0 atom stereocenters. The molecule has 142 valence electrons. The molecule has 0 spiro atoms. The lowest BCUT2D eigenvalue weighted by Gasteiger charge is -2.11. The van der Waals surface area contributed by atoms with Crippen LogP contribution in [0, 0.1) is 5.82 Å². The van der Waals surface area contributed by atoms with Gasteiger partial charge < -0.3 is 19.7 Å². The Balaban J connectivity index is 1.67. The van der Waals surface area contributed by atoms with Gasteiger partial charge in [-0.1, -0.05) is 23.9 Å². The summed E-state index contributed by atoms with van der Waals surface area (Å²) in [6.07, 6.45) is 0. The number of aromatic carboxylic acids is 1. The molecule has 0 unspecified atom stereocenters. The van der Waals surface area contributed by atoms with Crippen molar-refractivity contribution in [3.8, 4) is 5.75 Å². The third-order valence-corrected chi connectivity index (χ3v) is 4.83. The van der Waals surface area contributed by atoms with Gasteiger partial charge in [0, 0.05) is 24.4 Å². The lowest BCUT2D eigenvalue weighted by Crippen LogP contribution is -2.19. The molecule has 0 aliphatic carbocycles. The second-order valence-corrected chi connectivity index (χ2v) is 7.25. The van der Waals surface area contributed by atoms with Gasteiger partial charge in [-0.25, -0.2) is 14.2 Å². The quantitative estimate of drug-likeness (QED) is 0.573. The number of nitrogens with zero attached hydrogens (tertiary/aromatic N) is 2. The van der Waals surface area contributed by atoms with E-state index in [4.69, 9.17) is 9.84 Å². The Morgan fingerprint density at radius 1 is 1.30 bits per heavy atom. The van der Waals surface area contributed by atoms with Crippen LogP contribution < -0.4 is 4.74 Å². The molecule has 1 heterocycles. The number of likely N-dealkylation sites (N-methyl/N-ethyl adjacent to an activating group) is 1. The number of aromatic nitrogens is 2. The Morgan fingerprint density at radius 2 is 2.04 bits per heavy atom. The maximum Gasteiger partial charge on any atom is 0.335 e. The van der Waals surface area contributed by atoms with Crippen molar-refractivity contribution in [3.05, 3.63) is 53.3 Å². The van der Waals surface area contributed by atoms with Gasteiger partial charge in [-0.3, -0.25) is 0 Å². The summed E-state index contributed by atoms with van der Waals surface area (Å²) in [6.45, 7) is 1.10. The molecule has 0 radical (unpaired) electrons. The highest BCUT2D eigenvalue weighted by Crippen LogP contribution is 2.27. The topological polar surface area (TPSA) is 78.5 Å². The summed E-state index contributed by atoms with van der Waals surface area (Å²) < 4.78 is 19.7. The molecule has 0 saturated heterocycles. The summed E-state index contributed by atoms with van der Waals surface area (Å²) in [7, 11) is 3.85. The van der Waals surface area contributed by atoms with E-state index in [9.17, 15) is 9.18 Å². The average molecular weight is 389 g/mol. The van der Waals surface area contributed by atoms with Crippen LogP contribution in [0.15, 0.2) is 41.6 Å². The van der Waals surface area contributed by atoms with Gasteiger partial charge in [0.15, 0.2) is 16.7 Å². The number of rotatable bonds is 8. The van der Waals surface area contributed by atoms with E-state index in [-0.39, 0.29) is 11.3 Å². The molecule has 6 nitrogen and oxygen atoms in total. The van der Waals surface area contributed by atoms with Crippen LogP contribution in [-0.4, -0.2) is 53.2 Å². The van der Waals surface area contributed by atoms with Crippen LogP contribution in [-0.2, 0) is 5.75 Å². The van der Waals surface area contributed by atoms with Crippen molar-refractivity contribution in [2.75, 3.05) is 27.2 Å². The number of hydrogen-bond donors (Lipinski definition) is 2. The number of fused-ring (bicyclic) bond motifs is 1. The molecule has 0 aliphatic rings. The number of nitrogens with one attached hydrogen (secondary N) is 1. The Morgan fingerprint density at radius 3 is 2.70 bits per heavy atom. The first-order chi connectivity index (χ1) is 12.9. The Labute approximate surface area is 160 Å². The van der Waals surface area contributed by atoms with Crippen molar-refractivity contribution in [2.24, 2.45) is 0 Å². The molecule has 2 N–H and O–H groups in total. The van der Waals surface area contributed by atoms with Gasteiger partial charge in [0.1, 0.15) is 6.61 Å². The van der Waals surface area contributed by atoms with Crippen molar-refractivity contribution in [3.63, 3.8) is 0 Å². The molecule has 3 rings (SSSR count). The van der Waals surface area contributed by atoms with E-state index in [2.05, 4.69) is 9.97 Å². The van der Waals surface area contributed by atoms with Gasteiger partial charge in [-0.2, -0.15) is 0 Å². The molecule has 0 aliphatic heterocycles. The third-order valence-electron chi connectivity index (χ3n) is 3.89. The number of thioether (sulfide) groups is 1. The van der Waals surface area contributed by atoms with Gasteiger partial charge >= 0.3 is 5.97 Å². The number of halogens is 1. The summed E-state index contributed by atoms with van der Waals surface area (Å²) >= 11 is 1.46. The van der Waals surface area contributed by atoms with Gasteiger partial charge in [0.05, 0.1) is 16.6 Å². The molecule has 0 saturated carbocycles. The van der Waals surface area contributed by atoms with E-state index in [1.807, 2.05) is 19.0 Å². The highest BCUT2D eigenvalue weighted by molar-refractivity contribution is 7.98. The predicted octanol–water partition coefficient (Wildman–Crippen LogP) is 3.63. The van der Waals surface area contributed by atoms with Crippen molar-refractivity contribution in [2.45, 2.75) is 10.9 Å². The number of imidazole rings is 1. The third kappa shape index (κ3) is 4.99. The van der Waals surface area contributed by atoms with Crippen molar-refractivity contribution < 1.29 is 19.0 Å². The maximum atomic E-state index is 14.2. The minimum absolute atomic E-state index is 0.203. The molecule has 27 heavy (non-hydrogen) atoms. The standard InChI is InChI=1S/C19H20FN3O3S/c1-23(2)7-8-26-17-10-16-15(9-14(17)20)21-19(22-16)27-11-12-3-5-13(6-4-12)18(24)25/h3-6,9-10H,7-8,11H2,1-2H3,(H,21,22)(H,24,25). The van der Waals surface area contributed by atoms with Crippen molar-refractivity contribution in [1.82, 2.24) is 14.9 Å². The molecule has 0 fully saturated rings. The highest BCUT2D eigenvalue weighted by atomic mass is 32.2. The van der Waals surface area contributed by atoms with E-state index in [1.165, 1.54) is 17.8 Å². The van der Waals surface area contributed by atoms with E-state index >= 15 is 0 Å². The lowest BCUT2D eigenvalue weighted by atomic mass is 10.1. The molecule has 0 bridgehead atoms. The van der Waals surface area contributed by atoms with Gasteiger partial charge in [-0.15, -0.1) is 0 Å². The van der Waals surface area contributed by atoms with Crippen LogP contribution in [0.4, 0.5) is 4.39 Å². The van der Waals surface area contributed by atoms with Gasteiger partial charge in [0.25, 0.3) is 0 Å². The van der Waals surface area contributed by atoms with E-state index in [0.29, 0.717) is 35.1 Å². The minimum Gasteiger partial charge on any atom is -0.489 e. The lowest BCUT2D eigenvalue weighted by molar-refractivity contribution is 0.0697. The fourth-order valence-corrected chi connectivity index (χ4v) is 3.24. The fourth-order valence-electron chi connectivity index (χ4n) is 2.40. The van der Waals surface area contributed by atoms with E-state index < -0.39 is 11.8 Å². The second kappa shape index (κ2) is 8.41. The Bertz CT molecular complexity index is 941. The summed E-state index contributed by atoms with van der Waals surface area (Å²) in [5.74, 6) is -0.562. The monoisotopic (exact) mass is 389 g/mol. The predicted molar refractivity (Wildman–Crippen MR) is 103 cm³/mol. The first kappa shape index (κ1) is 19.2. The SMILES string of the molecule is CN(C)CCOc1cc2[nH]c(SCc3ccc(C(=O)O)cc3)nc2cc1F. The fraction of sp³-hybridized carbons (Fsp3) is 0.263. The first-order valence-electron chi connectivity index (χ1n) is 8.34. The van der Waals surface area contributed by atoms with Gasteiger partial charge in [0.2, 0.25) is 0 Å². The number of carboxylic acids is 1. The Kier molecular flexibility index (Phi) is 5.98. The van der Waals surface area contributed by atoms with Gasteiger partial charge in [-0.05, 0) is 31.8 Å².